The molecule has 0 unspecified atom stereocenters. The maximum Gasteiger partial charge on any atom is 0.273 e. The first kappa shape index (κ1) is 13.5. The maximum absolute atomic E-state index is 13.9. The number of benzene rings is 1. The van der Waals surface area contributed by atoms with Crippen molar-refractivity contribution in [2.75, 3.05) is 6.54 Å². The molecule has 0 heterocycles. The number of nitrogens with two attached hydrogens (primary N) is 1. The van der Waals surface area contributed by atoms with Gasteiger partial charge in [0, 0.05) is 23.9 Å². The smallest absolute Gasteiger partial charge is 0.273 e. The molecular formula is C15H21F2N. The van der Waals surface area contributed by atoms with Crippen LogP contribution in [0.3, 0.4) is 0 Å². The lowest BCUT2D eigenvalue weighted by Crippen LogP contribution is -2.41. The summed E-state index contributed by atoms with van der Waals surface area (Å²) in [6, 6.07) is 6.88. The monoisotopic (exact) mass is 253 g/mol. The molecule has 100 valence electrons. The van der Waals surface area contributed by atoms with Gasteiger partial charge in [0.15, 0.2) is 0 Å². The van der Waals surface area contributed by atoms with E-state index in [-0.39, 0.29) is 17.4 Å². The largest absolute Gasteiger partial charge is 0.330 e. The van der Waals surface area contributed by atoms with E-state index in [4.69, 9.17) is 5.73 Å². The lowest BCUT2D eigenvalue weighted by atomic mass is 9.64. The molecule has 0 bridgehead atoms. The third-order valence-electron chi connectivity index (χ3n) is 4.16. The quantitative estimate of drug-likeness (QED) is 0.844. The maximum atomic E-state index is 13.9. The molecule has 0 aliphatic heterocycles. The molecule has 3 heteroatoms. The van der Waals surface area contributed by atoms with E-state index in [2.05, 4.69) is 0 Å². The van der Waals surface area contributed by atoms with E-state index in [9.17, 15) is 8.78 Å². The lowest BCUT2D eigenvalue weighted by molar-refractivity contribution is -0.0142. The van der Waals surface area contributed by atoms with Crippen LogP contribution in [0.5, 0.6) is 0 Å². The van der Waals surface area contributed by atoms with E-state index in [1.54, 1.807) is 19.1 Å². The molecule has 1 aromatic rings. The number of rotatable bonds is 5. The zero-order valence-electron chi connectivity index (χ0n) is 10.9. The Hall–Kier alpha value is -0.960. The van der Waals surface area contributed by atoms with Crippen molar-refractivity contribution < 1.29 is 8.78 Å². The van der Waals surface area contributed by atoms with Gasteiger partial charge in [-0.3, -0.25) is 0 Å². The highest BCUT2D eigenvalue weighted by atomic mass is 19.3. The van der Waals surface area contributed by atoms with Crippen molar-refractivity contribution in [1.82, 2.24) is 0 Å². The summed E-state index contributed by atoms with van der Waals surface area (Å²) in [4.78, 5) is 0. The minimum atomic E-state index is -2.72. The van der Waals surface area contributed by atoms with E-state index in [0.717, 1.165) is 24.8 Å². The molecule has 2 rings (SSSR count). The molecule has 0 saturated heterocycles. The molecule has 1 nitrogen and oxygen atoms in total. The van der Waals surface area contributed by atoms with Crippen molar-refractivity contribution in [3.63, 3.8) is 0 Å². The minimum Gasteiger partial charge on any atom is -0.330 e. The van der Waals surface area contributed by atoms with Gasteiger partial charge in [0.1, 0.15) is 0 Å². The zero-order chi connectivity index (χ0) is 13.2. The lowest BCUT2D eigenvalue weighted by Gasteiger charge is -2.42. The molecule has 0 spiro atoms. The van der Waals surface area contributed by atoms with E-state index in [1.807, 2.05) is 6.07 Å². The Bertz CT molecular complexity index is 405. The fourth-order valence-corrected chi connectivity index (χ4v) is 2.75. The van der Waals surface area contributed by atoms with Crippen LogP contribution in [0.15, 0.2) is 24.3 Å². The van der Waals surface area contributed by atoms with Crippen LogP contribution in [0.1, 0.15) is 50.2 Å². The van der Waals surface area contributed by atoms with Crippen LogP contribution < -0.4 is 5.73 Å². The summed E-state index contributed by atoms with van der Waals surface area (Å²) < 4.78 is 27.8. The van der Waals surface area contributed by atoms with Gasteiger partial charge < -0.3 is 5.73 Å². The Morgan fingerprint density at radius 3 is 2.56 bits per heavy atom. The summed E-state index contributed by atoms with van der Waals surface area (Å²) in [7, 11) is 0. The second-order valence-electron chi connectivity index (χ2n) is 5.37. The van der Waals surface area contributed by atoms with Gasteiger partial charge in [-0.1, -0.05) is 38.0 Å². The summed E-state index contributed by atoms with van der Waals surface area (Å²) in [5.41, 5.74) is 6.92. The summed E-state index contributed by atoms with van der Waals surface area (Å²) >= 11 is 0. The average Bonchev–Trinajstić information content (AvgIpc) is 2.29. The van der Waals surface area contributed by atoms with Gasteiger partial charge in [-0.05, 0) is 24.5 Å². The van der Waals surface area contributed by atoms with Crippen LogP contribution in [0.4, 0.5) is 8.78 Å². The van der Waals surface area contributed by atoms with Crippen molar-refractivity contribution in [3.8, 4) is 0 Å². The Morgan fingerprint density at radius 1 is 1.33 bits per heavy atom. The molecule has 18 heavy (non-hydrogen) atoms. The molecule has 0 atom stereocenters. The minimum absolute atomic E-state index is 0.0433. The molecular weight excluding hydrogens is 232 g/mol. The number of hydrogen-bond acceptors (Lipinski definition) is 1. The Balaban J connectivity index is 2.30. The molecule has 1 aliphatic carbocycles. The predicted octanol–water partition coefficient (Wildman–Crippen LogP) is 3.96. The first-order valence-corrected chi connectivity index (χ1v) is 6.73. The van der Waals surface area contributed by atoms with Crippen molar-refractivity contribution in [2.45, 2.75) is 50.4 Å². The Labute approximate surface area is 107 Å². The van der Waals surface area contributed by atoms with Gasteiger partial charge >= 0.3 is 0 Å². The molecule has 0 radical (unpaired) electrons. The van der Waals surface area contributed by atoms with Gasteiger partial charge in [-0.15, -0.1) is 0 Å². The van der Waals surface area contributed by atoms with Crippen molar-refractivity contribution in [3.05, 3.63) is 35.4 Å². The van der Waals surface area contributed by atoms with Crippen molar-refractivity contribution in [1.29, 1.82) is 0 Å². The summed E-state index contributed by atoms with van der Waals surface area (Å²) in [6.07, 6.45) is 3.58. The van der Waals surface area contributed by atoms with Gasteiger partial charge in [-0.2, -0.15) is 0 Å². The number of hydrogen-bond donors (Lipinski definition) is 1. The van der Waals surface area contributed by atoms with E-state index in [0.29, 0.717) is 13.0 Å². The number of alkyl halides is 2. The van der Waals surface area contributed by atoms with Crippen LogP contribution in [0, 0.1) is 0 Å². The molecule has 1 saturated carbocycles. The summed E-state index contributed by atoms with van der Waals surface area (Å²) in [5, 5.41) is 0. The van der Waals surface area contributed by atoms with Crippen molar-refractivity contribution >= 4 is 0 Å². The Kier molecular flexibility index (Phi) is 3.71. The van der Waals surface area contributed by atoms with E-state index in [1.165, 1.54) is 6.07 Å². The highest BCUT2D eigenvalue weighted by Crippen LogP contribution is 2.44. The second kappa shape index (κ2) is 4.96. The number of halogens is 2. The molecule has 2 N–H and O–H groups in total. The van der Waals surface area contributed by atoms with Crippen molar-refractivity contribution in [2.24, 2.45) is 5.73 Å². The van der Waals surface area contributed by atoms with Gasteiger partial charge in [-0.25, -0.2) is 8.78 Å². The molecule has 0 aromatic heterocycles. The van der Waals surface area contributed by atoms with Gasteiger partial charge in [0.2, 0.25) is 0 Å². The average molecular weight is 253 g/mol. The van der Waals surface area contributed by atoms with Crippen LogP contribution in [0.2, 0.25) is 0 Å². The SMILES string of the molecule is CCCC(F)(F)c1cccc(C2(CN)CCC2)c1. The second-order valence-corrected chi connectivity index (χ2v) is 5.37. The van der Waals surface area contributed by atoms with Crippen LogP contribution in [0.25, 0.3) is 0 Å². The van der Waals surface area contributed by atoms with Crippen LogP contribution in [-0.2, 0) is 11.3 Å². The third-order valence-corrected chi connectivity index (χ3v) is 4.16. The van der Waals surface area contributed by atoms with Gasteiger partial charge in [0.05, 0.1) is 0 Å². The first-order valence-electron chi connectivity index (χ1n) is 6.73. The molecule has 1 fully saturated rings. The normalized spacial score (nSPS) is 18.4. The van der Waals surface area contributed by atoms with Crippen LogP contribution in [-0.4, -0.2) is 6.54 Å². The molecule has 0 amide bonds. The third kappa shape index (κ3) is 2.28. The fraction of sp³-hybridized carbons (Fsp3) is 0.600. The van der Waals surface area contributed by atoms with Gasteiger partial charge in [0.25, 0.3) is 5.92 Å². The Morgan fingerprint density at radius 2 is 2.06 bits per heavy atom. The summed E-state index contributed by atoms with van der Waals surface area (Å²) in [6.45, 7) is 2.33. The molecule has 1 aromatic carbocycles. The molecule has 1 aliphatic rings. The summed E-state index contributed by atoms with van der Waals surface area (Å²) in [5.74, 6) is -2.72. The standard InChI is InChI=1S/C15H21F2N/c1-2-7-15(16,17)13-6-3-5-12(10-13)14(11-18)8-4-9-14/h3,5-6,10H,2,4,7-9,11,18H2,1H3. The first-order chi connectivity index (χ1) is 8.54. The van der Waals surface area contributed by atoms with E-state index >= 15 is 0 Å². The fourth-order valence-electron chi connectivity index (χ4n) is 2.75. The highest BCUT2D eigenvalue weighted by Gasteiger charge is 2.39. The van der Waals surface area contributed by atoms with E-state index < -0.39 is 5.92 Å². The topological polar surface area (TPSA) is 26.0 Å². The van der Waals surface area contributed by atoms with Crippen LogP contribution >= 0.6 is 0 Å². The highest BCUT2D eigenvalue weighted by molar-refractivity contribution is 5.34. The predicted molar refractivity (Wildman–Crippen MR) is 69.8 cm³/mol. The zero-order valence-corrected chi connectivity index (χ0v) is 10.9.